The van der Waals surface area contributed by atoms with Gasteiger partial charge in [-0.2, -0.15) is 4.98 Å². The average molecular weight is 437 g/mol. The molecule has 3 aliphatic heterocycles. The van der Waals surface area contributed by atoms with Gasteiger partial charge >= 0.3 is 6.03 Å². The van der Waals surface area contributed by atoms with Crippen LogP contribution in [0.5, 0.6) is 0 Å². The van der Waals surface area contributed by atoms with Gasteiger partial charge in [-0.25, -0.2) is 9.78 Å². The zero-order chi connectivity index (χ0) is 21.9. The molecular formula is C24H32N6O2. The lowest BCUT2D eigenvalue weighted by Crippen LogP contribution is -2.43. The number of nitrogens with one attached hydrogen (secondary N) is 1. The molecule has 0 bridgehead atoms. The van der Waals surface area contributed by atoms with Crippen LogP contribution >= 0.6 is 0 Å². The number of ether oxygens (including phenoxy) is 1. The molecule has 1 aromatic heterocycles. The summed E-state index contributed by atoms with van der Waals surface area (Å²) in [7, 11) is 0. The van der Waals surface area contributed by atoms with Crippen LogP contribution in [0.15, 0.2) is 30.3 Å². The van der Waals surface area contributed by atoms with E-state index in [2.05, 4.69) is 22.0 Å². The van der Waals surface area contributed by atoms with Crippen molar-refractivity contribution in [3.63, 3.8) is 0 Å². The van der Waals surface area contributed by atoms with Crippen LogP contribution in [0.3, 0.4) is 0 Å². The molecule has 0 saturated carbocycles. The molecule has 2 saturated heterocycles. The van der Waals surface area contributed by atoms with Crippen LogP contribution in [0, 0.1) is 5.92 Å². The molecule has 8 nitrogen and oxygen atoms in total. The molecule has 0 atom stereocenters. The molecule has 0 aliphatic carbocycles. The molecule has 0 spiro atoms. The van der Waals surface area contributed by atoms with Gasteiger partial charge in [0, 0.05) is 50.4 Å². The minimum atomic E-state index is -0.0797. The highest BCUT2D eigenvalue weighted by Gasteiger charge is 2.30. The van der Waals surface area contributed by atoms with E-state index in [1.165, 1.54) is 12.8 Å². The number of rotatable bonds is 3. The minimum Gasteiger partial charge on any atom is -0.378 e. The predicted octanol–water partition coefficient (Wildman–Crippen LogP) is 3.14. The third-order valence-corrected chi connectivity index (χ3v) is 6.72. The van der Waals surface area contributed by atoms with E-state index >= 15 is 0 Å². The molecule has 2 fully saturated rings. The molecule has 170 valence electrons. The third kappa shape index (κ3) is 4.50. The van der Waals surface area contributed by atoms with E-state index in [0.717, 1.165) is 67.2 Å². The fourth-order valence-electron chi connectivity index (χ4n) is 4.67. The predicted molar refractivity (Wildman–Crippen MR) is 125 cm³/mol. The van der Waals surface area contributed by atoms with Gasteiger partial charge in [-0.05, 0) is 30.9 Å². The average Bonchev–Trinajstić information content (AvgIpc) is 2.84. The van der Waals surface area contributed by atoms with Crippen LogP contribution in [0.25, 0.3) is 0 Å². The molecule has 0 radical (unpaired) electrons. The summed E-state index contributed by atoms with van der Waals surface area (Å²) in [5, 5.41) is 3.01. The normalized spacial score (nSPS) is 19.6. The van der Waals surface area contributed by atoms with E-state index in [1.54, 1.807) is 0 Å². The van der Waals surface area contributed by atoms with E-state index < -0.39 is 0 Å². The van der Waals surface area contributed by atoms with Gasteiger partial charge in [-0.15, -0.1) is 0 Å². The number of aromatic nitrogens is 2. The maximum absolute atomic E-state index is 12.9. The van der Waals surface area contributed by atoms with Gasteiger partial charge in [0.1, 0.15) is 5.82 Å². The second kappa shape index (κ2) is 9.32. The van der Waals surface area contributed by atoms with Gasteiger partial charge in [0.15, 0.2) is 0 Å². The fraction of sp³-hybridized carbons (Fsp3) is 0.542. The zero-order valence-corrected chi connectivity index (χ0v) is 18.8. The third-order valence-electron chi connectivity index (χ3n) is 6.72. The Labute approximate surface area is 189 Å². The number of carbonyl (C=O) groups excluding carboxylic acids is 1. The maximum Gasteiger partial charge on any atom is 0.322 e. The number of benzene rings is 1. The van der Waals surface area contributed by atoms with Crippen molar-refractivity contribution in [3.8, 4) is 0 Å². The van der Waals surface area contributed by atoms with Crippen LogP contribution in [0.2, 0.25) is 0 Å². The van der Waals surface area contributed by atoms with Crippen molar-refractivity contribution in [3.05, 3.63) is 41.6 Å². The summed E-state index contributed by atoms with van der Waals surface area (Å²) < 4.78 is 5.58. The van der Waals surface area contributed by atoms with Crippen molar-refractivity contribution in [1.82, 2.24) is 14.9 Å². The molecule has 8 heteroatoms. The van der Waals surface area contributed by atoms with E-state index in [0.29, 0.717) is 26.3 Å². The summed E-state index contributed by atoms with van der Waals surface area (Å²) in [5.41, 5.74) is 2.97. The largest absolute Gasteiger partial charge is 0.378 e. The summed E-state index contributed by atoms with van der Waals surface area (Å²) in [5.74, 6) is 2.59. The van der Waals surface area contributed by atoms with Crippen molar-refractivity contribution >= 4 is 23.5 Å². The Morgan fingerprint density at radius 2 is 1.75 bits per heavy atom. The summed E-state index contributed by atoms with van der Waals surface area (Å²) in [6, 6.07) is 9.53. The topological polar surface area (TPSA) is 73.8 Å². The number of piperidine rings is 1. The molecule has 32 heavy (non-hydrogen) atoms. The first-order valence-electron chi connectivity index (χ1n) is 11.8. The van der Waals surface area contributed by atoms with Crippen molar-refractivity contribution < 1.29 is 9.53 Å². The van der Waals surface area contributed by atoms with Gasteiger partial charge in [-0.3, -0.25) is 0 Å². The van der Waals surface area contributed by atoms with Crippen molar-refractivity contribution in [2.75, 3.05) is 61.1 Å². The Balaban J connectivity index is 1.41. The standard InChI is InChI=1S/C24H32N6O2/c1-18-7-10-29(11-8-18)23-26-21-9-12-30(24(31)25-19-5-3-2-4-6-19)17-20(21)22(27-23)28-13-15-32-16-14-28/h2-6,18H,7-17H2,1H3,(H,25,31). The summed E-state index contributed by atoms with van der Waals surface area (Å²) in [6.45, 7) is 8.55. The molecule has 2 aromatic rings. The van der Waals surface area contributed by atoms with Gasteiger partial charge in [0.25, 0.3) is 0 Å². The van der Waals surface area contributed by atoms with Gasteiger partial charge in [0.2, 0.25) is 5.95 Å². The maximum atomic E-state index is 12.9. The number of amides is 2. The first-order chi connectivity index (χ1) is 15.7. The van der Waals surface area contributed by atoms with Crippen LogP contribution in [0.4, 0.5) is 22.2 Å². The van der Waals surface area contributed by atoms with Gasteiger partial charge in [0.05, 0.1) is 25.5 Å². The number of carbonyl (C=O) groups is 1. The monoisotopic (exact) mass is 436 g/mol. The molecule has 1 aromatic carbocycles. The second-order valence-electron chi connectivity index (χ2n) is 9.01. The van der Waals surface area contributed by atoms with E-state index in [4.69, 9.17) is 14.7 Å². The SMILES string of the molecule is CC1CCN(c2nc3c(c(N4CCOCC4)n2)CN(C(=O)Nc2ccccc2)CC3)CC1. The molecule has 2 amide bonds. The first-order valence-corrected chi connectivity index (χ1v) is 11.8. The molecule has 1 N–H and O–H groups in total. The number of morpholine rings is 1. The van der Waals surface area contributed by atoms with Gasteiger partial charge < -0.3 is 24.8 Å². The highest BCUT2D eigenvalue weighted by Crippen LogP contribution is 2.31. The van der Waals surface area contributed by atoms with E-state index in [9.17, 15) is 4.79 Å². The highest BCUT2D eigenvalue weighted by atomic mass is 16.5. The molecule has 0 unspecified atom stereocenters. The number of anilines is 3. The molecule has 4 heterocycles. The van der Waals surface area contributed by atoms with E-state index in [-0.39, 0.29) is 6.03 Å². The number of nitrogens with zero attached hydrogens (tertiary/aromatic N) is 5. The Hall–Kier alpha value is -2.87. The number of hydrogen-bond donors (Lipinski definition) is 1. The smallest absolute Gasteiger partial charge is 0.322 e. The first kappa shape index (κ1) is 21.0. The van der Waals surface area contributed by atoms with Crippen LogP contribution < -0.4 is 15.1 Å². The fourth-order valence-corrected chi connectivity index (χ4v) is 4.67. The number of urea groups is 1. The van der Waals surface area contributed by atoms with Crippen LogP contribution in [-0.4, -0.2) is 66.8 Å². The van der Waals surface area contributed by atoms with Gasteiger partial charge in [-0.1, -0.05) is 25.1 Å². The number of fused-ring (bicyclic) bond motifs is 1. The Kier molecular flexibility index (Phi) is 6.12. The van der Waals surface area contributed by atoms with E-state index in [1.807, 2.05) is 35.2 Å². The zero-order valence-electron chi connectivity index (χ0n) is 18.8. The lowest BCUT2D eigenvalue weighted by Gasteiger charge is -2.36. The number of para-hydroxylation sites is 1. The Morgan fingerprint density at radius 3 is 2.50 bits per heavy atom. The summed E-state index contributed by atoms with van der Waals surface area (Å²) in [6.07, 6.45) is 3.11. The van der Waals surface area contributed by atoms with Crippen molar-refractivity contribution in [2.24, 2.45) is 5.92 Å². The number of hydrogen-bond acceptors (Lipinski definition) is 6. The molecule has 3 aliphatic rings. The molecule has 5 rings (SSSR count). The Bertz CT molecular complexity index is 939. The second-order valence-corrected chi connectivity index (χ2v) is 9.01. The van der Waals surface area contributed by atoms with Crippen LogP contribution in [-0.2, 0) is 17.7 Å². The summed E-state index contributed by atoms with van der Waals surface area (Å²) in [4.78, 5) is 29.5. The molecular weight excluding hydrogens is 404 g/mol. The highest BCUT2D eigenvalue weighted by molar-refractivity contribution is 5.89. The van der Waals surface area contributed by atoms with Crippen molar-refractivity contribution in [2.45, 2.75) is 32.7 Å². The summed E-state index contributed by atoms with van der Waals surface area (Å²) >= 11 is 0. The lowest BCUT2D eigenvalue weighted by atomic mass is 9.99. The van der Waals surface area contributed by atoms with Crippen molar-refractivity contribution in [1.29, 1.82) is 0 Å². The quantitative estimate of drug-likeness (QED) is 0.797. The minimum absolute atomic E-state index is 0.0797. The Morgan fingerprint density at radius 1 is 1.00 bits per heavy atom. The lowest BCUT2D eigenvalue weighted by molar-refractivity contribution is 0.122. The van der Waals surface area contributed by atoms with Crippen LogP contribution in [0.1, 0.15) is 31.0 Å².